The van der Waals surface area contributed by atoms with Crippen LogP contribution in [0.4, 0.5) is 5.69 Å². The van der Waals surface area contributed by atoms with E-state index in [2.05, 4.69) is 19.2 Å². The Kier molecular flexibility index (Phi) is 6.95. The number of anilines is 1. The lowest BCUT2D eigenvalue weighted by Crippen LogP contribution is -2.45. The zero-order valence-electron chi connectivity index (χ0n) is 18.9. The summed E-state index contributed by atoms with van der Waals surface area (Å²) in [6.07, 6.45) is 3.42. The molecule has 8 nitrogen and oxygen atoms in total. The fourth-order valence-electron chi connectivity index (χ4n) is 4.61. The van der Waals surface area contributed by atoms with E-state index in [4.69, 9.17) is 4.74 Å². The maximum atomic E-state index is 13.0. The molecule has 0 bridgehead atoms. The molecule has 1 aliphatic carbocycles. The molecule has 2 amide bonds. The lowest BCUT2D eigenvalue weighted by molar-refractivity contribution is -0.131. The minimum Gasteiger partial charge on any atom is -0.495 e. The van der Waals surface area contributed by atoms with Crippen LogP contribution in [0.3, 0.4) is 0 Å². The van der Waals surface area contributed by atoms with Gasteiger partial charge < -0.3 is 15.0 Å². The first-order valence-electron chi connectivity index (χ1n) is 10.8. The first-order valence-corrected chi connectivity index (χ1v) is 12.2. The molecule has 1 aromatic carbocycles. The van der Waals surface area contributed by atoms with Crippen molar-refractivity contribution in [2.75, 3.05) is 33.1 Å². The van der Waals surface area contributed by atoms with Crippen molar-refractivity contribution in [2.45, 2.75) is 50.5 Å². The number of hydrogen-bond donors (Lipinski definition) is 1. The van der Waals surface area contributed by atoms with Crippen LogP contribution in [0.2, 0.25) is 0 Å². The molecule has 1 saturated heterocycles. The van der Waals surface area contributed by atoms with Crippen molar-refractivity contribution < 1.29 is 22.7 Å². The monoisotopic (exact) mass is 451 g/mol. The fraction of sp³-hybridized carbons (Fsp3) is 0.636. The lowest BCUT2D eigenvalue weighted by atomic mass is 9.77. The quantitative estimate of drug-likeness (QED) is 0.717. The Morgan fingerprint density at radius 1 is 1.23 bits per heavy atom. The second kappa shape index (κ2) is 9.16. The Hall–Kier alpha value is -2.13. The number of hydrogen-bond acceptors (Lipinski definition) is 5. The molecule has 1 aliphatic heterocycles. The van der Waals surface area contributed by atoms with Crippen LogP contribution in [0.25, 0.3) is 0 Å². The van der Waals surface area contributed by atoms with Crippen molar-refractivity contribution in [1.82, 2.24) is 9.21 Å². The third-order valence-corrected chi connectivity index (χ3v) is 8.61. The van der Waals surface area contributed by atoms with E-state index in [9.17, 15) is 18.0 Å². The third kappa shape index (κ3) is 4.72. The predicted molar refractivity (Wildman–Crippen MR) is 118 cm³/mol. The maximum Gasteiger partial charge on any atom is 0.242 e. The lowest BCUT2D eigenvalue weighted by Gasteiger charge is -2.40. The average molecular weight is 452 g/mol. The summed E-state index contributed by atoms with van der Waals surface area (Å²) in [7, 11) is 0.694. The number of sulfonamides is 1. The van der Waals surface area contributed by atoms with Crippen LogP contribution in [0.1, 0.15) is 39.5 Å². The van der Waals surface area contributed by atoms with Crippen molar-refractivity contribution >= 4 is 27.5 Å². The number of rotatable bonds is 6. The average Bonchev–Trinajstić information content (AvgIpc) is 3.11. The number of carbonyl (C=O) groups is 2. The van der Waals surface area contributed by atoms with Gasteiger partial charge in [0.05, 0.1) is 23.6 Å². The van der Waals surface area contributed by atoms with Crippen LogP contribution >= 0.6 is 0 Å². The minimum absolute atomic E-state index is 0.0157. The molecule has 1 heterocycles. The number of benzene rings is 1. The normalized spacial score (nSPS) is 26.9. The summed E-state index contributed by atoms with van der Waals surface area (Å²) in [6.45, 7) is 4.81. The van der Waals surface area contributed by atoms with Gasteiger partial charge >= 0.3 is 0 Å². The topological polar surface area (TPSA) is 96.0 Å². The molecule has 4 atom stereocenters. The highest BCUT2D eigenvalue weighted by molar-refractivity contribution is 7.89. The van der Waals surface area contributed by atoms with E-state index in [-0.39, 0.29) is 34.9 Å². The summed E-state index contributed by atoms with van der Waals surface area (Å²) in [4.78, 5) is 27.6. The van der Waals surface area contributed by atoms with E-state index in [0.29, 0.717) is 24.1 Å². The van der Waals surface area contributed by atoms with E-state index in [1.807, 2.05) is 4.90 Å². The van der Waals surface area contributed by atoms with Gasteiger partial charge in [-0.15, -0.1) is 0 Å². The molecule has 2 fully saturated rings. The van der Waals surface area contributed by atoms with Crippen molar-refractivity contribution in [1.29, 1.82) is 0 Å². The van der Waals surface area contributed by atoms with Crippen LogP contribution < -0.4 is 10.1 Å². The van der Waals surface area contributed by atoms with E-state index in [0.717, 1.165) is 17.1 Å². The summed E-state index contributed by atoms with van der Waals surface area (Å²) >= 11 is 0. The molecule has 0 aromatic heterocycles. The molecule has 1 aromatic rings. The molecular formula is C22H33N3O5S. The molecule has 1 N–H and O–H groups in total. The largest absolute Gasteiger partial charge is 0.495 e. The van der Waals surface area contributed by atoms with E-state index in [1.165, 1.54) is 45.8 Å². The van der Waals surface area contributed by atoms with E-state index < -0.39 is 15.9 Å². The maximum absolute atomic E-state index is 13.0. The Bertz CT molecular complexity index is 946. The van der Waals surface area contributed by atoms with Gasteiger partial charge in [0, 0.05) is 33.1 Å². The van der Waals surface area contributed by atoms with Gasteiger partial charge in [-0.2, -0.15) is 0 Å². The molecule has 3 rings (SSSR count). The number of methoxy groups -OCH3 is 1. The molecule has 172 valence electrons. The fourth-order valence-corrected chi connectivity index (χ4v) is 5.54. The highest BCUT2D eigenvalue weighted by Crippen LogP contribution is 2.36. The molecule has 1 saturated carbocycles. The van der Waals surface area contributed by atoms with Gasteiger partial charge in [-0.25, -0.2) is 12.7 Å². The predicted octanol–water partition coefficient (Wildman–Crippen LogP) is 2.56. The van der Waals surface area contributed by atoms with Gasteiger partial charge in [0.15, 0.2) is 0 Å². The van der Waals surface area contributed by atoms with Gasteiger partial charge in [0.2, 0.25) is 21.8 Å². The standard InChI is InChI=1S/C22H33N3O5S/c1-14-7-6-8-19(15(14)2)25-13-16(11-21(25)26)22(27)23-18-12-17(9-10-20(18)30-5)31(28,29)24(3)4/h9-10,12,14-16,19H,6-8,11,13H2,1-5H3,(H,23,27)/t14-,15-,16+,19+/m0/s1. The number of carbonyl (C=O) groups excluding carboxylic acids is 2. The SMILES string of the molecule is COc1ccc(S(=O)(=O)N(C)C)cc1NC(=O)[C@@H]1CC(=O)N([C@@H]2CCC[C@H](C)[C@@H]2C)C1. The van der Waals surface area contributed by atoms with Crippen LogP contribution in [0.5, 0.6) is 5.75 Å². The highest BCUT2D eigenvalue weighted by Gasteiger charge is 2.41. The number of ether oxygens (including phenoxy) is 1. The number of likely N-dealkylation sites (tertiary alicyclic amines) is 1. The number of amides is 2. The van der Waals surface area contributed by atoms with Gasteiger partial charge in [0.25, 0.3) is 0 Å². The summed E-state index contributed by atoms with van der Waals surface area (Å²) in [5.74, 6) is 0.572. The van der Waals surface area contributed by atoms with Crippen molar-refractivity contribution in [2.24, 2.45) is 17.8 Å². The third-order valence-electron chi connectivity index (χ3n) is 6.80. The van der Waals surface area contributed by atoms with Gasteiger partial charge in [-0.05, 0) is 36.5 Å². The van der Waals surface area contributed by atoms with Crippen molar-refractivity contribution in [3.63, 3.8) is 0 Å². The van der Waals surface area contributed by atoms with Gasteiger partial charge in [0.1, 0.15) is 5.75 Å². The summed E-state index contributed by atoms with van der Waals surface area (Å²) in [6, 6.07) is 4.53. The van der Waals surface area contributed by atoms with E-state index in [1.54, 1.807) is 0 Å². The Balaban J connectivity index is 1.77. The van der Waals surface area contributed by atoms with Crippen LogP contribution in [-0.4, -0.2) is 63.2 Å². The zero-order chi connectivity index (χ0) is 22.9. The van der Waals surface area contributed by atoms with Gasteiger partial charge in [-0.3, -0.25) is 9.59 Å². The molecule has 31 heavy (non-hydrogen) atoms. The minimum atomic E-state index is -3.66. The van der Waals surface area contributed by atoms with Crippen molar-refractivity contribution in [3.8, 4) is 5.75 Å². The number of nitrogens with one attached hydrogen (secondary N) is 1. The molecule has 2 aliphatic rings. The number of nitrogens with zero attached hydrogens (tertiary/aromatic N) is 2. The van der Waals surface area contributed by atoms with Crippen LogP contribution in [-0.2, 0) is 19.6 Å². The zero-order valence-corrected chi connectivity index (χ0v) is 19.7. The molecule has 0 unspecified atom stereocenters. The molecular weight excluding hydrogens is 418 g/mol. The second-order valence-corrected chi connectivity index (χ2v) is 11.1. The Morgan fingerprint density at radius 3 is 2.58 bits per heavy atom. The van der Waals surface area contributed by atoms with E-state index >= 15 is 0 Å². The summed E-state index contributed by atoms with van der Waals surface area (Å²) in [5, 5.41) is 2.79. The second-order valence-electron chi connectivity index (χ2n) is 8.92. The summed E-state index contributed by atoms with van der Waals surface area (Å²) in [5.41, 5.74) is 0.279. The molecule has 9 heteroatoms. The first kappa shape index (κ1) is 23.5. The smallest absolute Gasteiger partial charge is 0.242 e. The molecule has 0 spiro atoms. The van der Waals surface area contributed by atoms with Gasteiger partial charge in [-0.1, -0.05) is 26.7 Å². The Morgan fingerprint density at radius 2 is 1.94 bits per heavy atom. The Labute approximate surface area is 185 Å². The highest BCUT2D eigenvalue weighted by atomic mass is 32.2. The van der Waals surface area contributed by atoms with Crippen molar-refractivity contribution in [3.05, 3.63) is 18.2 Å². The molecule has 0 radical (unpaired) electrons. The summed E-state index contributed by atoms with van der Waals surface area (Å²) < 4.78 is 31.3. The first-order chi connectivity index (χ1) is 14.6. The van der Waals surface area contributed by atoms with Crippen LogP contribution in [0.15, 0.2) is 23.1 Å². The van der Waals surface area contributed by atoms with Crippen LogP contribution in [0, 0.1) is 17.8 Å².